The fourth-order valence-corrected chi connectivity index (χ4v) is 3.13. The number of hydrogen-bond acceptors (Lipinski definition) is 4. The fraction of sp³-hybridized carbons (Fsp3) is 0.182. The van der Waals surface area contributed by atoms with Gasteiger partial charge in [-0.05, 0) is 48.4 Å². The lowest BCUT2D eigenvalue weighted by Crippen LogP contribution is -2.22. The van der Waals surface area contributed by atoms with Gasteiger partial charge in [0.15, 0.2) is 0 Å². The second-order valence-electron chi connectivity index (χ2n) is 6.53. The molecule has 0 saturated carbocycles. The molecule has 26 heavy (non-hydrogen) atoms. The van der Waals surface area contributed by atoms with E-state index in [0.29, 0.717) is 11.8 Å². The second-order valence-corrected chi connectivity index (χ2v) is 6.53. The molecule has 0 radical (unpaired) electrons. The number of nitrogens with zero attached hydrogens (tertiary/aromatic N) is 2. The summed E-state index contributed by atoms with van der Waals surface area (Å²) < 4.78 is 5.85. The van der Waals surface area contributed by atoms with Crippen LogP contribution >= 0.6 is 0 Å². The van der Waals surface area contributed by atoms with Crippen molar-refractivity contribution in [2.45, 2.75) is 25.9 Å². The molecule has 4 rings (SSSR count). The molecule has 3 aromatic carbocycles. The van der Waals surface area contributed by atoms with Crippen LogP contribution in [0.25, 0.3) is 22.2 Å². The lowest BCUT2D eigenvalue weighted by molar-refractivity contribution is 0.395. The van der Waals surface area contributed by atoms with Crippen molar-refractivity contribution >= 4 is 10.8 Å². The molecule has 0 aliphatic heterocycles. The van der Waals surface area contributed by atoms with E-state index in [4.69, 9.17) is 4.42 Å². The Labute approximate surface area is 152 Å². The van der Waals surface area contributed by atoms with Crippen molar-refractivity contribution in [2.24, 2.45) is 0 Å². The van der Waals surface area contributed by atoms with Gasteiger partial charge in [-0.15, -0.1) is 10.2 Å². The first-order valence-corrected chi connectivity index (χ1v) is 8.84. The van der Waals surface area contributed by atoms with Gasteiger partial charge in [-0.2, -0.15) is 0 Å². The normalized spacial score (nSPS) is 13.6. The zero-order valence-electron chi connectivity index (χ0n) is 14.9. The summed E-state index contributed by atoms with van der Waals surface area (Å²) in [6.45, 7) is 4.19. The lowest BCUT2D eigenvalue weighted by atomic mass is 10.0. The van der Waals surface area contributed by atoms with Crippen molar-refractivity contribution in [3.8, 4) is 11.5 Å². The summed E-state index contributed by atoms with van der Waals surface area (Å²) in [7, 11) is 0. The Morgan fingerprint density at radius 3 is 2.31 bits per heavy atom. The Morgan fingerprint density at radius 2 is 1.50 bits per heavy atom. The molecular weight excluding hydrogens is 322 g/mol. The van der Waals surface area contributed by atoms with E-state index < -0.39 is 0 Å². The van der Waals surface area contributed by atoms with Crippen LogP contribution in [0.4, 0.5) is 0 Å². The van der Waals surface area contributed by atoms with Gasteiger partial charge in [-0.25, -0.2) is 0 Å². The first kappa shape index (κ1) is 16.5. The van der Waals surface area contributed by atoms with E-state index in [2.05, 4.69) is 64.9 Å². The maximum Gasteiger partial charge on any atom is 0.247 e. The van der Waals surface area contributed by atoms with E-state index in [1.165, 1.54) is 16.3 Å². The quantitative estimate of drug-likeness (QED) is 0.534. The van der Waals surface area contributed by atoms with Gasteiger partial charge in [0.25, 0.3) is 0 Å². The monoisotopic (exact) mass is 343 g/mol. The molecular formula is C22H21N3O. The Morgan fingerprint density at radius 1 is 0.769 bits per heavy atom. The molecule has 0 unspecified atom stereocenters. The summed E-state index contributed by atoms with van der Waals surface area (Å²) in [6, 6.07) is 24.9. The largest absolute Gasteiger partial charge is 0.419 e. The molecule has 2 atom stereocenters. The van der Waals surface area contributed by atoms with Gasteiger partial charge >= 0.3 is 0 Å². The predicted molar refractivity (Wildman–Crippen MR) is 104 cm³/mol. The van der Waals surface area contributed by atoms with Gasteiger partial charge in [0.05, 0.1) is 6.04 Å². The number of rotatable bonds is 5. The Bertz CT molecular complexity index is 1010. The van der Waals surface area contributed by atoms with Crippen LogP contribution in [-0.4, -0.2) is 10.2 Å². The maximum atomic E-state index is 5.85. The van der Waals surface area contributed by atoms with Crippen LogP contribution in [-0.2, 0) is 0 Å². The van der Waals surface area contributed by atoms with Crippen LogP contribution in [0, 0.1) is 0 Å². The molecule has 1 aromatic heterocycles. The Balaban J connectivity index is 1.50. The molecule has 0 saturated heterocycles. The topological polar surface area (TPSA) is 51.0 Å². The SMILES string of the molecule is C[C@H](N[C@H](C)c1ccc2ccccc2c1)c1nnc(-c2ccccc2)o1. The molecule has 4 nitrogen and oxygen atoms in total. The number of hydrogen-bond donors (Lipinski definition) is 1. The van der Waals surface area contributed by atoms with Gasteiger partial charge in [0, 0.05) is 11.6 Å². The van der Waals surface area contributed by atoms with Crippen molar-refractivity contribution in [2.75, 3.05) is 0 Å². The molecule has 0 fully saturated rings. The van der Waals surface area contributed by atoms with Crippen molar-refractivity contribution in [1.82, 2.24) is 15.5 Å². The van der Waals surface area contributed by atoms with E-state index in [0.717, 1.165) is 5.56 Å². The first-order valence-electron chi connectivity index (χ1n) is 8.84. The van der Waals surface area contributed by atoms with E-state index >= 15 is 0 Å². The van der Waals surface area contributed by atoms with Gasteiger partial charge in [-0.3, -0.25) is 5.32 Å². The second kappa shape index (κ2) is 7.10. The van der Waals surface area contributed by atoms with Gasteiger partial charge in [-0.1, -0.05) is 54.6 Å². The molecule has 1 N–H and O–H groups in total. The van der Waals surface area contributed by atoms with Crippen molar-refractivity contribution in [3.05, 3.63) is 84.3 Å². The van der Waals surface area contributed by atoms with Gasteiger partial charge < -0.3 is 4.42 Å². The van der Waals surface area contributed by atoms with Crippen LogP contribution in [0.3, 0.4) is 0 Å². The zero-order chi connectivity index (χ0) is 17.9. The third-order valence-electron chi connectivity index (χ3n) is 4.61. The van der Waals surface area contributed by atoms with E-state index in [9.17, 15) is 0 Å². The summed E-state index contributed by atoms with van der Waals surface area (Å²) in [6.07, 6.45) is 0. The summed E-state index contributed by atoms with van der Waals surface area (Å²) >= 11 is 0. The first-order chi connectivity index (χ1) is 12.7. The van der Waals surface area contributed by atoms with E-state index in [1.54, 1.807) is 0 Å². The van der Waals surface area contributed by atoms with E-state index in [1.807, 2.05) is 37.3 Å². The third kappa shape index (κ3) is 3.37. The van der Waals surface area contributed by atoms with Crippen LogP contribution < -0.4 is 5.32 Å². The van der Waals surface area contributed by atoms with Crippen LogP contribution in [0.5, 0.6) is 0 Å². The predicted octanol–water partition coefficient (Wildman–Crippen LogP) is 5.30. The molecule has 130 valence electrons. The highest BCUT2D eigenvalue weighted by atomic mass is 16.4. The molecule has 0 spiro atoms. The lowest BCUT2D eigenvalue weighted by Gasteiger charge is -2.18. The number of nitrogens with one attached hydrogen (secondary N) is 1. The molecule has 1 heterocycles. The van der Waals surface area contributed by atoms with E-state index in [-0.39, 0.29) is 12.1 Å². The molecule has 0 bridgehead atoms. The van der Waals surface area contributed by atoms with Crippen molar-refractivity contribution < 1.29 is 4.42 Å². The molecule has 4 aromatic rings. The number of benzene rings is 3. The van der Waals surface area contributed by atoms with Crippen LogP contribution in [0.2, 0.25) is 0 Å². The standard InChI is InChI=1S/C22H21N3O/c1-15(19-13-12-17-8-6-7-11-20(17)14-19)23-16(2)21-24-25-22(26-21)18-9-4-3-5-10-18/h3-16,23H,1-2H3/t15-,16+/m1/s1. The average molecular weight is 343 g/mol. The average Bonchev–Trinajstić information content (AvgIpc) is 3.18. The Kier molecular flexibility index (Phi) is 4.50. The Hall–Kier alpha value is -2.98. The summed E-state index contributed by atoms with van der Waals surface area (Å²) in [5, 5.41) is 14.4. The highest BCUT2D eigenvalue weighted by Gasteiger charge is 2.17. The van der Waals surface area contributed by atoms with Crippen molar-refractivity contribution in [3.63, 3.8) is 0 Å². The maximum absolute atomic E-state index is 5.85. The summed E-state index contributed by atoms with van der Waals surface area (Å²) in [4.78, 5) is 0. The summed E-state index contributed by atoms with van der Waals surface area (Å²) in [5.41, 5.74) is 2.17. The number of fused-ring (bicyclic) bond motifs is 1. The number of aromatic nitrogens is 2. The fourth-order valence-electron chi connectivity index (χ4n) is 3.13. The molecule has 0 amide bonds. The molecule has 0 aliphatic carbocycles. The highest BCUT2D eigenvalue weighted by Crippen LogP contribution is 2.24. The minimum atomic E-state index is -0.0403. The van der Waals surface area contributed by atoms with Crippen LogP contribution in [0.1, 0.15) is 37.4 Å². The zero-order valence-corrected chi connectivity index (χ0v) is 14.9. The van der Waals surface area contributed by atoms with Crippen molar-refractivity contribution in [1.29, 1.82) is 0 Å². The van der Waals surface area contributed by atoms with Gasteiger partial charge in [0.2, 0.25) is 11.8 Å². The minimum absolute atomic E-state index is 0.0403. The molecule has 4 heteroatoms. The smallest absolute Gasteiger partial charge is 0.247 e. The van der Waals surface area contributed by atoms with Crippen LogP contribution in [0.15, 0.2) is 77.2 Å². The summed E-state index contributed by atoms with van der Waals surface area (Å²) in [5.74, 6) is 1.14. The minimum Gasteiger partial charge on any atom is -0.419 e. The van der Waals surface area contributed by atoms with Gasteiger partial charge in [0.1, 0.15) is 0 Å². The molecule has 0 aliphatic rings. The highest BCUT2D eigenvalue weighted by molar-refractivity contribution is 5.83. The third-order valence-corrected chi connectivity index (χ3v) is 4.61.